The maximum Gasteiger partial charge on any atom is 0.135 e. The van der Waals surface area contributed by atoms with Crippen LogP contribution in [0.15, 0.2) is 255 Å². The monoisotopic (exact) mass is 866 g/mol. The molecule has 0 unspecified atom stereocenters. The van der Waals surface area contributed by atoms with Gasteiger partial charge in [-0.1, -0.05) is 145 Å². The van der Waals surface area contributed by atoms with E-state index in [4.69, 9.17) is 4.42 Å². The molecule has 0 N–H and O–H groups in total. The van der Waals surface area contributed by atoms with E-state index in [1.54, 1.807) is 0 Å². The molecule has 0 bridgehead atoms. The zero-order valence-electron chi connectivity index (χ0n) is 35.1. The molecule has 1 aromatic heterocycles. The first kappa shape index (κ1) is 37.8. The van der Waals surface area contributed by atoms with E-state index in [0.717, 1.165) is 55.6 Å². The first-order valence-electron chi connectivity index (χ1n) is 21.9. The van der Waals surface area contributed by atoms with Crippen molar-refractivity contribution >= 4 is 79.6 Å². The van der Waals surface area contributed by atoms with Gasteiger partial charge in [0.1, 0.15) is 11.2 Å². The molecule has 13 rings (SSSR count). The molecule has 0 aliphatic carbocycles. The summed E-state index contributed by atoms with van der Waals surface area (Å²) in [5, 5.41) is 2.22. The Balaban J connectivity index is 0.836. The lowest BCUT2D eigenvalue weighted by molar-refractivity contribution is 0.669. The molecule has 3 nitrogen and oxygen atoms in total. The zero-order valence-corrected chi connectivity index (χ0v) is 36.7. The number of furan rings is 1. The molecule has 0 saturated heterocycles. The highest BCUT2D eigenvalue weighted by Gasteiger charge is 2.27. The lowest BCUT2D eigenvalue weighted by atomic mass is 9.96. The average molecular weight is 867 g/mol. The van der Waals surface area contributed by atoms with Gasteiger partial charge in [0.2, 0.25) is 0 Å². The molecule has 5 heteroatoms. The number of benzene rings is 10. The summed E-state index contributed by atoms with van der Waals surface area (Å²) in [5.41, 5.74) is 18.2. The molecule has 11 aromatic rings. The Morgan fingerprint density at radius 2 is 0.615 bits per heavy atom. The first-order chi connectivity index (χ1) is 32.2. The number of hydrogen-bond donors (Lipinski definition) is 0. The van der Waals surface area contributed by atoms with Gasteiger partial charge in [-0.2, -0.15) is 0 Å². The van der Waals surface area contributed by atoms with Gasteiger partial charge in [-0.3, -0.25) is 0 Å². The van der Waals surface area contributed by atoms with Gasteiger partial charge in [0.15, 0.2) is 0 Å². The third kappa shape index (κ3) is 6.62. The number of para-hydroxylation sites is 4. The number of fused-ring (bicyclic) bond motifs is 7. The van der Waals surface area contributed by atoms with Crippen molar-refractivity contribution in [3.63, 3.8) is 0 Å². The van der Waals surface area contributed by atoms with Crippen LogP contribution in [0.3, 0.4) is 0 Å². The normalized spacial score (nSPS) is 12.7. The fourth-order valence-electron chi connectivity index (χ4n) is 9.47. The van der Waals surface area contributed by atoms with Gasteiger partial charge in [0.05, 0.1) is 22.7 Å². The molecule has 0 spiro atoms. The van der Waals surface area contributed by atoms with Gasteiger partial charge >= 0.3 is 0 Å². The van der Waals surface area contributed by atoms with Gasteiger partial charge < -0.3 is 14.2 Å². The second kappa shape index (κ2) is 15.5. The molecule has 2 aliphatic rings. The van der Waals surface area contributed by atoms with Crippen LogP contribution in [0.4, 0.5) is 34.1 Å². The molecule has 0 fully saturated rings. The van der Waals surface area contributed by atoms with Crippen LogP contribution >= 0.6 is 23.5 Å². The van der Waals surface area contributed by atoms with Crippen LogP contribution in [0.2, 0.25) is 0 Å². The van der Waals surface area contributed by atoms with E-state index in [0.29, 0.717) is 0 Å². The lowest BCUT2D eigenvalue weighted by Crippen LogP contribution is -2.14. The van der Waals surface area contributed by atoms with Crippen molar-refractivity contribution in [2.75, 3.05) is 9.80 Å². The summed E-state index contributed by atoms with van der Waals surface area (Å²) in [4.78, 5) is 9.79. The summed E-state index contributed by atoms with van der Waals surface area (Å²) in [7, 11) is 0. The molecular formula is C60H38N2OS2. The number of anilines is 6. The zero-order chi connectivity index (χ0) is 42.8. The SMILES string of the molecule is c1ccc(N2c3ccccc3Sc3ccc(-c4cccc(-c5ccc6oc7ccc(-c8cccc(-c9ccc%10c(c9)N(c9ccccc9)c9ccccc9S%10)c8)cc7c6c5)c4)cc32)cc1. The van der Waals surface area contributed by atoms with E-state index in [1.807, 2.05) is 23.5 Å². The molecular weight excluding hydrogens is 829 g/mol. The third-order valence-corrected chi connectivity index (χ3v) is 14.9. The van der Waals surface area contributed by atoms with E-state index in [1.165, 1.54) is 64.6 Å². The first-order valence-corrected chi connectivity index (χ1v) is 23.5. The van der Waals surface area contributed by atoms with Crippen LogP contribution in [0.1, 0.15) is 0 Å². The topological polar surface area (TPSA) is 19.6 Å². The van der Waals surface area contributed by atoms with E-state index < -0.39 is 0 Å². The molecule has 306 valence electrons. The number of hydrogen-bond acceptors (Lipinski definition) is 5. The van der Waals surface area contributed by atoms with E-state index in [-0.39, 0.29) is 0 Å². The molecule has 2 aliphatic heterocycles. The predicted molar refractivity (Wildman–Crippen MR) is 273 cm³/mol. The molecule has 0 saturated carbocycles. The van der Waals surface area contributed by atoms with Gasteiger partial charge in [0, 0.05) is 41.7 Å². The van der Waals surface area contributed by atoms with Crippen molar-refractivity contribution in [1.29, 1.82) is 0 Å². The summed E-state index contributed by atoms with van der Waals surface area (Å²) in [6, 6.07) is 83.5. The highest BCUT2D eigenvalue weighted by Crippen LogP contribution is 2.54. The van der Waals surface area contributed by atoms with Crippen LogP contribution in [0, 0.1) is 0 Å². The van der Waals surface area contributed by atoms with Crippen molar-refractivity contribution in [2.24, 2.45) is 0 Å². The standard InChI is InChI=1S/C60H38N2OS2/c1-3-17-47(18-4-1)61-51-21-7-9-23-57(51)64-59-31-27-45(37-53(59)61)41-15-11-13-39(33-41)43-25-29-55-49(35-43)50-36-44(26-30-56(50)63-55)40-14-12-16-42(34-40)46-28-32-60-54(38-46)62(48-19-5-2-6-20-48)52-22-8-10-24-58(52)65-60/h1-38H. The van der Waals surface area contributed by atoms with Gasteiger partial charge in [0.25, 0.3) is 0 Å². The lowest BCUT2D eigenvalue weighted by Gasteiger charge is -2.33. The van der Waals surface area contributed by atoms with Crippen LogP contribution in [0.25, 0.3) is 66.4 Å². The van der Waals surface area contributed by atoms with Gasteiger partial charge in [-0.25, -0.2) is 0 Å². The smallest absolute Gasteiger partial charge is 0.135 e. The maximum atomic E-state index is 6.46. The quantitative estimate of drug-likeness (QED) is 0.165. The molecule has 0 atom stereocenters. The van der Waals surface area contributed by atoms with Crippen molar-refractivity contribution in [3.05, 3.63) is 231 Å². The van der Waals surface area contributed by atoms with Crippen LogP contribution in [-0.2, 0) is 0 Å². The van der Waals surface area contributed by atoms with E-state index in [9.17, 15) is 0 Å². The van der Waals surface area contributed by atoms with Crippen molar-refractivity contribution in [1.82, 2.24) is 0 Å². The summed E-state index contributed by atoms with van der Waals surface area (Å²) in [6.45, 7) is 0. The van der Waals surface area contributed by atoms with Crippen LogP contribution < -0.4 is 9.80 Å². The van der Waals surface area contributed by atoms with Gasteiger partial charge in [-0.15, -0.1) is 0 Å². The highest BCUT2D eigenvalue weighted by molar-refractivity contribution is 8.00. The minimum absolute atomic E-state index is 0.885. The molecule has 3 heterocycles. The van der Waals surface area contributed by atoms with Crippen molar-refractivity contribution in [2.45, 2.75) is 19.6 Å². The van der Waals surface area contributed by atoms with Crippen molar-refractivity contribution in [3.8, 4) is 44.5 Å². The Hall–Kier alpha value is -7.70. The Morgan fingerprint density at radius 1 is 0.262 bits per heavy atom. The van der Waals surface area contributed by atoms with Crippen LogP contribution in [0.5, 0.6) is 0 Å². The average Bonchev–Trinajstić information content (AvgIpc) is 3.75. The highest BCUT2D eigenvalue weighted by atomic mass is 32.2. The largest absolute Gasteiger partial charge is 0.456 e. The fourth-order valence-corrected chi connectivity index (χ4v) is 11.5. The second-order valence-corrected chi connectivity index (χ2v) is 18.7. The molecule has 10 aromatic carbocycles. The summed E-state index contributed by atoms with van der Waals surface area (Å²) in [5.74, 6) is 0. The van der Waals surface area contributed by atoms with Crippen LogP contribution in [-0.4, -0.2) is 0 Å². The number of rotatable bonds is 6. The number of nitrogens with zero attached hydrogens (tertiary/aromatic N) is 2. The van der Waals surface area contributed by atoms with E-state index >= 15 is 0 Å². The van der Waals surface area contributed by atoms with Gasteiger partial charge in [-0.05, 0) is 154 Å². The Morgan fingerprint density at radius 3 is 1.06 bits per heavy atom. The van der Waals surface area contributed by atoms with Crippen molar-refractivity contribution < 1.29 is 4.42 Å². The summed E-state index contributed by atoms with van der Waals surface area (Å²) >= 11 is 3.67. The van der Waals surface area contributed by atoms with E-state index in [2.05, 4.69) is 240 Å². The maximum absolute atomic E-state index is 6.46. The Bertz CT molecular complexity index is 3400. The Labute approximate surface area is 386 Å². The summed E-state index contributed by atoms with van der Waals surface area (Å²) in [6.07, 6.45) is 0. The molecule has 65 heavy (non-hydrogen) atoms. The molecule has 0 amide bonds. The minimum atomic E-state index is 0.885. The summed E-state index contributed by atoms with van der Waals surface area (Å²) < 4.78 is 6.46. The predicted octanol–water partition coefficient (Wildman–Crippen LogP) is 18.1. The minimum Gasteiger partial charge on any atom is -0.456 e. The third-order valence-electron chi connectivity index (χ3n) is 12.6. The fraction of sp³-hybridized carbons (Fsp3) is 0. The second-order valence-electron chi connectivity index (χ2n) is 16.5. The Kier molecular flexibility index (Phi) is 9.03. The molecule has 0 radical (unpaired) electrons.